The predicted octanol–water partition coefficient (Wildman–Crippen LogP) is 3.41. The summed E-state index contributed by atoms with van der Waals surface area (Å²) in [4.78, 5) is 13.8. The summed E-state index contributed by atoms with van der Waals surface area (Å²) in [7, 11) is 0. The molecule has 1 amide bonds. The molecule has 112 valence electrons. The molecule has 0 bridgehead atoms. The van der Waals surface area contributed by atoms with Crippen molar-refractivity contribution in [3.63, 3.8) is 0 Å². The van der Waals surface area contributed by atoms with Crippen molar-refractivity contribution in [3.05, 3.63) is 48.4 Å². The standard InChI is InChI=1S/C14H12F4N2O/c1-8(15)13(21)20-7-11(14(16,17)18)10-6-19-12-5-3-2-4-9(10)12/h2-6,11,19H,1,7H2,(H,20,21). The van der Waals surface area contributed by atoms with E-state index in [4.69, 9.17) is 0 Å². The van der Waals surface area contributed by atoms with Gasteiger partial charge in [0.1, 0.15) is 0 Å². The lowest BCUT2D eigenvalue weighted by atomic mass is 9.98. The predicted molar refractivity (Wildman–Crippen MR) is 70.4 cm³/mol. The first-order valence-corrected chi connectivity index (χ1v) is 6.06. The molecule has 7 heteroatoms. The number of carbonyl (C=O) groups is 1. The Balaban J connectivity index is 2.33. The van der Waals surface area contributed by atoms with Gasteiger partial charge in [0.15, 0.2) is 5.83 Å². The van der Waals surface area contributed by atoms with E-state index in [1.165, 1.54) is 6.20 Å². The van der Waals surface area contributed by atoms with Crippen LogP contribution in [0.15, 0.2) is 42.9 Å². The molecule has 0 aliphatic carbocycles. The molecule has 1 unspecified atom stereocenters. The second-order valence-electron chi connectivity index (χ2n) is 4.50. The van der Waals surface area contributed by atoms with E-state index in [0.717, 1.165) is 0 Å². The van der Waals surface area contributed by atoms with Gasteiger partial charge in [-0.05, 0) is 11.6 Å². The van der Waals surface area contributed by atoms with Gasteiger partial charge in [0.25, 0.3) is 5.91 Å². The summed E-state index contributed by atoms with van der Waals surface area (Å²) >= 11 is 0. The largest absolute Gasteiger partial charge is 0.397 e. The summed E-state index contributed by atoms with van der Waals surface area (Å²) in [6.07, 6.45) is -3.32. The number of hydrogen-bond donors (Lipinski definition) is 2. The zero-order valence-electron chi connectivity index (χ0n) is 10.8. The van der Waals surface area contributed by atoms with Crippen LogP contribution in [0.5, 0.6) is 0 Å². The number of carbonyl (C=O) groups excluding carboxylic acids is 1. The first kappa shape index (κ1) is 15.1. The molecular formula is C14H12F4N2O. The Morgan fingerprint density at radius 1 is 1.33 bits per heavy atom. The number of H-pyrrole nitrogens is 1. The fourth-order valence-corrected chi connectivity index (χ4v) is 2.07. The zero-order chi connectivity index (χ0) is 15.6. The Hall–Kier alpha value is -2.31. The molecule has 0 saturated carbocycles. The molecule has 21 heavy (non-hydrogen) atoms. The van der Waals surface area contributed by atoms with Gasteiger partial charge < -0.3 is 10.3 Å². The molecule has 1 aromatic carbocycles. The highest BCUT2D eigenvalue weighted by atomic mass is 19.4. The molecule has 0 aliphatic heterocycles. The first-order valence-electron chi connectivity index (χ1n) is 6.06. The van der Waals surface area contributed by atoms with Crippen LogP contribution in [-0.2, 0) is 4.79 Å². The van der Waals surface area contributed by atoms with Crippen molar-refractivity contribution in [2.45, 2.75) is 12.1 Å². The molecule has 2 aromatic rings. The van der Waals surface area contributed by atoms with Gasteiger partial charge in [0, 0.05) is 23.6 Å². The van der Waals surface area contributed by atoms with Crippen LogP contribution >= 0.6 is 0 Å². The number of alkyl halides is 3. The number of aromatic amines is 1. The van der Waals surface area contributed by atoms with Crippen LogP contribution in [0.4, 0.5) is 17.6 Å². The summed E-state index contributed by atoms with van der Waals surface area (Å²) in [6, 6.07) is 6.51. The van der Waals surface area contributed by atoms with Gasteiger partial charge >= 0.3 is 6.18 Å². The van der Waals surface area contributed by atoms with E-state index in [2.05, 4.69) is 11.6 Å². The van der Waals surface area contributed by atoms with Crippen molar-refractivity contribution >= 4 is 16.8 Å². The molecule has 0 fully saturated rings. The van der Waals surface area contributed by atoms with Gasteiger partial charge in [-0.25, -0.2) is 4.39 Å². The van der Waals surface area contributed by atoms with Gasteiger partial charge in [-0.3, -0.25) is 4.79 Å². The van der Waals surface area contributed by atoms with Crippen molar-refractivity contribution in [2.75, 3.05) is 6.54 Å². The number of nitrogens with one attached hydrogen (secondary N) is 2. The fraction of sp³-hybridized carbons (Fsp3) is 0.214. The van der Waals surface area contributed by atoms with Crippen LogP contribution in [0.3, 0.4) is 0 Å². The van der Waals surface area contributed by atoms with Crippen LogP contribution in [-0.4, -0.2) is 23.6 Å². The molecule has 2 N–H and O–H groups in total. The smallest absolute Gasteiger partial charge is 0.361 e. The first-order chi connectivity index (χ1) is 9.80. The maximum atomic E-state index is 13.2. The van der Waals surface area contributed by atoms with Crippen LogP contribution in [0.25, 0.3) is 10.9 Å². The highest BCUT2D eigenvalue weighted by molar-refractivity contribution is 5.90. The Morgan fingerprint density at radius 3 is 2.62 bits per heavy atom. The van der Waals surface area contributed by atoms with Crippen LogP contribution in [0, 0.1) is 0 Å². The highest BCUT2D eigenvalue weighted by Crippen LogP contribution is 2.37. The van der Waals surface area contributed by atoms with E-state index in [1.807, 2.05) is 5.32 Å². The van der Waals surface area contributed by atoms with Gasteiger partial charge in [-0.1, -0.05) is 24.8 Å². The van der Waals surface area contributed by atoms with E-state index in [0.29, 0.717) is 10.9 Å². The lowest BCUT2D eigenvalue weighted by Crippen LogP contribution is -2.35. The summed E-state index contributed by atoms with van der Waals surface area (Å²) in [5, 5.41) is 2.30. The molecule has 0 aliphatic rings. The van der Waals surface area contributed by atoms with E-state index >= 15 is 0 Å². The normalized spacial score (nSPS) is 13.1. The Morgan fingerprint density at radius 2 is 2.00 bits per heavy atom. The quantitative estimate of drug-likeness (QED) is 0.659. The van der Waals surface area contributed by atoms with E-state index in [-0.39, 0.29) is 5.56 Å². The number of rotatable bonds is 4. The fourth-order valence-electron chi connectivity index (χ4n) is 2.07. The van der Waals surface area contributed by atoms with Crippen LogP contribution in [0.2, 0.25) is 0 Å². The summed E-state index contributed by atoms with van der Waals surface area (Å²) in [5.74, 6) is -4.50. The minimum Gasteiger partial charge on any atom is -0.361 e. The van der Waals surface area contributed by atoms with Gasteiger partial charge in [0.05, 0.1) is 5.92 Å². The molecule has 2 rings (SSSR count). The molecule has 1 aromatic heterocycles. The minimum absolute atomic E-state index is 0.00266. The Bertz CT molecular complexity index is 675. The third-order valence-corrected chi connectivity index (χ3v) is 3.10. The van der Waals surface area contributed by atoms with E-state index in [9.17, 15) is 22.4 Å². The summed E-state index contributed by atoms with van der Waals surface area (Å²) in [5.41, 5.74) is 0.561. The number of para-hydroxylation sites is 1. The monoisotopic (exact) mass is 300 g/mol. The average Bonchev–Trinajstić information content (AvgIpc) is 2.81. The summed E-state index contributed by atoms with van der Waals surface area (Å²) in [6.45, 7) is 1.98. The number of halogens is 4. The Labute approximate surface area is 117 Å². The topological polar surface area (TPSA) is 44.9 Å². The number of aromatic nitrogens is 1. The van der Waals surface area contributed by atoms with Crippen LogP contribution in [0.1, 0.15) is 11.5 Å². The van der Waals surface area contributed by atoms with Crippen molar-refractivity contribution in [1.29, 1.82) is 0 Å². The zero-order valence-corrected chi connectivity index (χ0v) is 10.8. The molecule has 1 atom stereocenters. The third kappa shape index (κ3) is 3.24. The van der Waals surface area contributed by atoms with Gasteiger partial charge in [-0.2, -0.15) is 13.2 Å². The molecule has 0 radical (unpaired) electrons. The number of benzene rings is 1. The second-order valence-corrected chi connectivity index (χ2v) is 4.50. The van der Waals surface area contributed by atoms with Crippen LogP contribution < -0.4 is 5.32 Å². The maximum Gasteiger partial charge on any atom is 0.397 e. The summed E-state index contributed by atoms with van der Waals surface area (Å²) < 4.78 is 52.1. The number of fused-ring (bicyclic) bond motifs is 1. The highest BCUT2D eigenvalue weighted by Gasteiger charge is 2.42. The average molecular weight is 300 g/mol. The number of amides is 1. The van der Waals surface area contributed by atoms with Crippen molar-refractivity contribution in [2.24, 2.45) is 0 Å². The van der Waals surface area contributed by atoms with E-state index in [1.54, 1.807) is 24.3 Å². The molecule has 1 heterocycles. The lowest BCUT2D eigenvalue weighted by molar-refractivity contribution is -0.150. The van der Waals surface area contributed by atoms with E-state index < -0.39 is 30.4 Å². The van der Waals surface area contributed by atoms with Crippen molar-refractivity contribution in [1.82, 2.24) is 10.3 Å². The molecule has 0 saturated heterocycles. The molecular weight excluding hydrogens is 288 g/mol. The molecule has 0 spiro atoms. The Kier molecular flexibility index (Phi) is 4.02. The number of hydrogen-bond acceptors (Lipinski definition) is 1. The lowest BCUT2D eigenvalue weighted by Gasteiger charge is -2.20. The minimum atomic E-state index is -4.57. The second kappa shape index (κ2) is 5.59. The van der Waals surface area contributed by atoms with Gasteiger partial charge in [-0.15, -0.1) is 0 Å². The third-order valence-electron chi connectivity index (χ3n) is 3.10. The SMILES string of the molecule is C=C(F)C(=O)NCC(c1c[nH]c2ccccc12)C(F)(F)F. The van der Waals surface area contributed by atoms with Crippen molar-refractivity contribution in [3.8, 4) is 0 Å². The van der Waals surface area contributed by atoms with Gasteiger partial charge in [0.2, 0.25) is 0 Å². The maximum absolute atomic E-state index is 13.2. The molecule has 3 nitrogen and oxygen atoms in total. The van der Waals surface area contributed by atoms with Crippen molar-refractivity contribution < 1.29 is 22.4 Å².